The van der Waals surface area contributed by atoms with Gasteiger partial charge in [0.05, 0.1) is 17.6 Å². The predicted molar refractivity (Wildman–Crippen MR) is 117 cm³/mol. The molecule has 1 aliphatic heterocycles. The van der Waals surface area contributed by atoms with Gasteiger partial charge in [-0.3, -0.25) is 4.79 Å². The second-order valence-corrected chi connectivity index (χ2v) is 7.73. The molecule has 29 heavy (non-hydrogen) atoms. The summed E-state index contributed by atoms with van der Waals surface area (Å²) >= 11 is 5.93. The summed E-state index contributed by atoms with van der Waals surface area (Å²) in [6.45, 7) is 6.19. The Morgan fingerprint density at radius 2 is 1.86 bits per heavy atom. The minimum atomic E-state index is -0.0591. The van der Waals surface area contributed by atoms with Gasteiger partial charge in [0, 0.05) is 37.3 Å². The van der Waals surface area contributed by atoms with Gasteiger partial charge in [-0.25, -0.2) is 0 Å². The number of benzene rings is 2. The van der Waals surface area contributed by atoms with Crippen molar-refractivity contribution in [2.45, 2.75) is 12.8 Å². The van der Waals surface area contributed by atoms with E-state index in [1.807, 2.05) is 18.2 Å². The van der Waals surface area contributed by atoms with Gasteiger partial charge in [0.25, 0.3) is 0 Å². The largest absolute Gasteiger partial charge is 0.493 e. The third kappa shape index (κ3) is 4.99. The molecule has 3 aromatic rings. The van der Waals surface area contributed by atoms with E-state index in [1.54, 1.807) is 24.3 Å². The van der Waals surface area contributed by atoms with E-state index in [0.29, 0.717) is 28.2 Å². The topological polar surface area (TPSA) is 54.7 Å². The minimum Gasteiger partial charge on any atom is -0.493 e. The first kappa shape index (κ1) is 20.0. The molecule has 1 fully saturated rings. The predicted octanol–water partition coefficient (Wildman–Crippen LogP) is 4.18. The first-order valence-corrected chi connectivity index (χ1v) is 10.5. The van der Waals surface area contributed by atoms with Crippen LogP contribution in [0.2, 0.25) is 5.02 Å². The molecule has 0 bridgehead atoms. The normalized spacial score (nSPS) is 14.9. The van der Waals surface area contributed by atoms with Gasteiger partial charge in [0.2, 0.25) is 0 Å². The number of nitrogens with zero attached hydrogens (tertiary/aromatic N) is 1. The number of fused-ring (bicyclic) bond motifs is 1. The molecule has 0 amide bonds. The van der Waals surface area contributed by atoms with E-state index in [4.69, 9.17) is 20.8 Å². The second kappa shape index (κ2) is 9.44. The fourth-order valence-corrected chi connectivity index (χ4v) is 3.72. The highest BCUT2D eigenvalue weighted by Gasteiger charge is 2.11. The van der Waals surface area contributed by atoms with Crippen molar-refractivity contribution in [2.24, 2.45) is 0 Å². The number of unbranched alkanes of at least 4 members (excludes halogenated alkanes) is 1. The van der Waals surface area contributed by atoms with Crippen molar-refractivity contribution < 1.29 is 9.15 Å². The van der Waals surface area contributed by atoms with Crippen molar-refractivity contribution in [2.75, 3.05) is 39.3 Å². The monoisotopic (exact) mass is 412 g/mol. The molecule has 152 valence electrons. The Balaban J connectivity index is 1.37. The average Bonchev–Trinajstić information content (AvgIpc) is 2.75. The van der Waals surface area contributed by atoms with E-state index in [2.05, 4.69) is 10.2 Å². The maximum absolute atomic E-state index is 12.8. The van der Waals surface area contributed by atoms with Gasteiger partial charge >= 0.3 is 0 Å². The summed E-state index contributed by atoms with van der Waals surface area (Å²) in [5, 5.41) is 4.55. The molecular formula is C23H25ClN2O3. The van der Waals surface area contributed by atoms with Crippen LogP contribution < -0.4 is 15.5 Å². The molecule has 0 spiro atoms. The van der Waals surface area contributed by atoms with Crippen molar-refractivity contribution in [1.29, 1.82) is 0 Å². The first-order chi connectivity index (χ1) is 14.2. The number of nitrogens with one attached hydrogen (secondary N) is 1. The summed E-state index contributed by atoms with van der Waals surface area (Å²) in [4.78, 5) is 15.3. The first-order valence-electron chi connectivity index (χ1n) is 10.1. The van der Waals surface area contributed by atoms with Crippen LogP contribution in [0.5, 0.6) is 5.75 Å². The van der Waals surface area contributed by atoms with Crippen molar-refractivity contribution in [3.05, 3.63) is 64.0 Å². The lowest BCUT2D eigenvalue weighted by atomic mass is 10.1. The van der Waals surface area contributed by atoms with E-state index in [-0.39, 0.29) is 5.43 Å². The third-order valence-corrected chi connectivity index (χ3v) is 5.50. The van der Waals surface area contributed by atoms with Crippen molar-refractivity contribution in [3.63, 3.8) is 0 Å². The standard InChI is InChI=1S/C23H25ClN2O3/c24-18-5-3-17(4-6-18)21-16-29-22-15-19(7-8-20(22)23(21)27)28-14-2-1-11-26-12-9-25-10-13-26/h3-8,15-16,25H,1-2,9-14H2. The summed E-state index contributed by atoms with van der Waals surface area (Å²) in [6.07, 6.45) is 3.62. The van der Waals surface area contributed by atoms with Gasteiger partial charge in [0.15, 0.2) is 5.43 Å². The van der Waals surface area contributed by atoms with E-state index >= 15 is 0 Å². The highest BCUT2D eigenvalue weighted by molar-refractivity contribution is 6.30. The van der Waals surface area contributed by atoms with Crippen LogP contribution >= 0.6 is 11.6 Å². The quantitative estimate of drug-likeness (QED) is 0.590. The maximum Gasteiger partial charge on any atom is 0.200 e. The third-order valence-electron chi connectivity index (χ3n) is 5.25. The number of hydrogen-bond donors (Lipinski definition) is 1. The number of hydrogen-bond acceptors (Lipinski definition) is 5. The Bertz CT molecular complexity index is 1010. The molecule has 2 heterocycles. The molecule has 1 N–H and O–H groups in total. The lowest BCUT2D eigenvalue weighted by molar-refractivity contribution is 0.226. The Morgan fingerprint density at radius 3 is 2.66 bits per heavy atom. The van der Waals surface area contributed by atoms with E-state index in [9.17, 15) is 4.79 Å². The molecular weight excluding hydrogens is 388 g/mol. The molecule has 5 nitrogen and oxygen atoms in total. The zero-order valence-electron chi connectivity index (χ0n) is 16.3. The van der Waals surface area contributed by atoms with E-state index < -0.39 is 0 Å². The number of ether oxygens (including phenoxy) is 1. The van der Waals surface area contributed by atoms with E-state index in [1.165, 1.54) is 6.26 Å². The van der Waals surface area contributed by atoms with Gasteiger partial charge < -0.3 is 19.4 Å². The molecule has 2 aromatic carbocycles. The van der Waals surface area contributed by atoms with Crippen LogP contribution in [-0.4, -0.2) is 44.2 Å². The van der Waals surface area contributed by atoms with Crippen molar-refractivity contribution in [3.8, 4) is 16.9 Å². The van der Waals surface area contributed by atoms with Gasteiger partial charge in [-0.1, -0.05) is 23.7 Å². The van der Waals surface area contributed by atoms with Crippen LogP contribution in [-0.2, 0) is 0 Å². The molecule has 4 rings (SSSR count). The smallest absolute Gasteiger partial charge is 0.200 e. The molecule has 1 saturated heterocycles. The lowest BCUT2D eigenvalue weighted by Gasteiger charge is -2.26. The van der Waals surface area contributed by atoms with Crippen LogP contribution in [0.3, 0.4) is 0 Å². The van der Waals surface area contributed by atoms with Crippen molar-refractivity contribution >= 4 is 22.6 Å². The Kier molecular flexibility index (Phi) is 6.49. The zero-order chi connectivity index (χ0) is 20.1. The summed E-state index contributed by atoms with van der Waals surface area (Å²) in [5.41, 5.74) is 1.78. The summed E-state index contributed by atoms with van der Waals surface area (Å²) in [5.74, 6) is 0.724. The Hall–Kier alpha value is -2.34. The Morgan fingerprint density at radius 1 is 1.07 bits per heavy atom. The molecule has 0 unspecified atom stereocenters. The molecule has 0 saturated carbocycles. The van der Waals surface area contributed by atoms with Crippen LogP contribution in [0.25, 0.3) is 22.1 Å². The minimum absolute atomic E-state index is 0.0591. The number of rotatable bonds is 7. The highest BCUT2D eigenvalue weighted by atomic mass is 35.5. The SMILES string of the molecule is O=c1c(-c2ccc(Cl)cc2)coc2cc(OCCCCN3CCNCC3)ccc12. The fourth-order valence-electron chi connectivity index (χ4n) is 3.59. The summed E-state index contributed by atoms with van der Waals surface area (Å²) in [6, 6.07) is 12.6. The van der Waals surface area contributed by atoms with Crippen LogP contribution in [0, 0.1) is 0 Å². The zero-order valence-corrected chi connectivity index (χ0v) is 17.1. The Labute approximate surface area is 175 Å². The lowest BCUT2D eigenvalue weighted by Crippen LogP contribution is -2.43. The number of halogens is 1. The van der Waals surface area contributed by atoms with Crippen LogP contribution in [0.4, 0.5) is 0 Å². The average molecular weight is 413 g/mol. The summed E-state index contributed by atoms with van der Waals surface area (Å²) < 4.78 is 11.6. The molecule has 1 aliphatic rings. The molecule has 6 heteroatoms. The van der Waals surface area contributed by atoms with Gasteiger partial charge in [0.1, 0.15) is 17.6 Å². The van der Waals surface area contributed by atoms with Gasteiger partial charge in [-0.05, 0) is 49.2 Å². The number of piperazine rings is 1. The van der Waals surface area contributed by atoms with E-state index in [0.717, 1.165) is 56.9 Å². The van der Waals surface area contributed by atoms with Crippen LogP contribution in [0.1, 0.15) is 12.8 Å². The molecule has 0 atom stereocenters. The highest BCUT2D eigenvalue weighted by Crippen LogP contribution is 2.24. The second-order valence-electron chi connectivity index (χ2n) is 7.29. The maximum atomic E-state index is 12.8. The fraction of sp³-hybridized carbons (Fsp3) is 0.348. The molecule has 0 radical (unpaired) electrons. The van der Waals surface area contributed by atoms with Gasteiger partial charge in [-0.15, -0.1) is 0 Å². The van der Waals surface area contributed by atoms with Crippen LogP contribution in [0.15, 0.2) is 57.9 Å². The summed E-state index contributed by atoms with van der Waals surface area (Å²) in [7, 11) is 0. The molecule has 1 aromatic heterocycles. The molecule has 0 aliphatic carbocycles. The van der Waals surface area contributed by atoms with Gasteiger partial charge in [-0.2, -0.15) is 0 Å². The van der Waals surface area contributed by atoms with Crippen molar-refractivity contribution in [1.82, 2.24) is 10.2 Å².